The van der Waals surface area contributed by atoms with Gasteiger partial charge in [0.15, 0.2) is 11.6 Å². The Morgan fingerprint density at radius 1 is 0.722 bits per heavy atom. The fourth-order valence-corrected chi connectivity index (χ4v) is 5.14. The lowest BCUT2D eigenvalue weighted by Gasteiger charge is -2.33. The number of carbonyl (C=O) groups excluding carboxylic acids is 2. The van der Waals surface area contributed by atoms with Crippen molar-refractivity contribution in [2.75, 3.05) is 6.61 Å². The number of benzene rings is 1. The molecule has 0 aliphatic rings. The van der Waals surface area contributed by atoms with E-state index in [2.05, 4.69) is 6.92 Å². The molecule has 0 radical (unpaired) electrons. The number of rotatable bonds is 23. The molecule has 5 heteroatoms. The van der Waals surface area contributed by atoms with Gasteiger partial charge in [-0.15, -0.1) is 0 Å². The van der Waals surface area contributed by atoms with Crippen LogP contribution in [0.2, 0.25) is 0 Å². The van der Waals surface area contributed by atoms with Crippen molar-refractivity contribution in [3.05, 3.63) is 35.9 Å². The summed E-state index contributed by atoms with van der Waals surface area (Å²) in [6.07, 6.45) is 15.7. The molecule has 1 rings (SSSR count). The number of carbonyl (C=O) groups is 2. The molecule has 0 amide bonds. The summed E-state index contributed by atoms with van der Waals surface area (Å²) in [5.74, 6) is -0.955. The van der Waals surface area contributed by atoms with E-state index in [4.69, 9.17) is 0 Å². The van der Waals surface area contributed by atoms with Crippen LogP contribution >= 0.6 is 0 Å². The number of hydrogen-bond donors (Lipinski definition) is 3. The van der Waals surface area contributed by atoms with Crippen molar-refractivity contribution >= 4 is 11.6 Å². The van der Waals surface area contributed by atoms with Crippen molar-refractivity contribution in [2.45, 2.75) is 141 Å². The molecule has 0 aliphatic carbocycles. The molecule has 36 heavy (non-hydrogen) atoms. The topological polar surface area (TPSA) is 94.8 Å². The van der Waals surface area contributed by atoms with Crippen molar-refractivity contribution in [2.24, 2.45) is 0 Å². The molecular weight excluding hydrogens is 452 g/mol. The molecule has 1 aromatic carbocycles. The average Bonchev–Trinajstić information content (AvgIpc) is 2.91. The van der Waals surface area contributed by atoms with Gasteiger partial charge in [0.2, 0.25) is 0 Å². The van der Waals surface area contributed by atoms with Crippen LogP contribution in [0.15, 0.2) is 30.3 Å². The third kappa shape index (κ3) is 10.8. The summed E-state index contributed by atoms with van der Waals surface area (Å²) < 4.78 is 0. The van der Waals surface area contributed by atoms with Gasteiger partial charge in [0.1, 0.15) is 17.6 Å². The molecule has 206 valence electrons. The van der Waals surface area contributed by atoms with Gasteiger partial charge in [-0.1, -0.05) is 134 Å². The number of aliphatic hydroxyl groups is 3. The quantitative estimate of drug-likeness (QED) is 0.118. The highest BCUT2D eigenvalue weighted by Gasteiger charge is 2.48. The molecule has 0 aromatic heterocycles. The van der Waals surface area contributed by atoms with Crippen LogP contribution in [0.4, 0.5) is 0 Å². The van der Waals surface area contributed by atoms with E-state index in [1.807, 2.05) is 6.07 Å². The Bertz CT molecular complexity index is 704. The van der Waals surface area contributed by atoms with Crippen molar-refractivity contribution in [3.63, 3.8) is 0 Å². The maximum absolute atomic E-state index is 13.4. The number of ketones is 2. The molecule has 5 nitrogen and oxygen atoms in total. The Hall–Kier alpha value is -1.56. The highest BCUT2D eigenvalue weighted by atomic mass is 16.4. The summed E-state index contributed by atoms with van der Waals surface area (Å²) in [5.41, 5.74) is -0.972. The van der Waals surface area contributed by atoms with Gasteiger partial charge in [-0.25, -0.2) is 0 Å². The van der Waals surface area contributed by atoms with E-state index < -0.39 is 30.0 Å². The van der Waals surface area contributed by atoms with Gasteiger partial charge in [-0.3, -0.25) is 9.59 Å². The monoisotopic (exact) mass is 504 g/mol. The zero-order valence-electron chi connectivity index (χ0n) is 22.9. The lowest BCUT2D eigenvalue weighted by Crippen LogP contribution is -2.52. The summed E-state index contributed by atoms with van der Waals surface area (Å²) in [4.78, 5) is 26.7. The van der Waals surface area contributed by atoms with Gasteiger partial charge < -0.3 is 15.3 Å². The van der Waals surface area contributed by atoms with Gasteiger partial charge in [0.05, 0.1) is 6.61 Å². The Morgan fingerprint density at radius 3 is 1.58 bits per heavy atom. The van der Waals surface area contributed by atoms with Crippen molar-refractivity contribution < 1.29 is 24.9 Å². The second-order valence-corrected chi connectivity index (χ2v) is 10.3. The minimum atomic E-state index is -1.81. The number of aliphatic hydroxyl groups excluding tert-OH is 3. The summed E-state index contributed by atoms with van der Waals surface area (Å²) >= 11 is 0. The SMILES string of the molecule is CCCCCCCCCCCCCCCCCC(=O)C(CC)(C(=O)C(O)C(O)CO)c1ccccc1. The number of hydrogen-bond acceptors (Lipinski definition) is 5. The maximum Gasteiger partial charge on any atom is 0.181 e. The first-order valence-electron chi connectivity index (χ1n) is 14.6. The Balaban J connectivity index is 2.40. The molecule has 0 spiro atoms. The molecule has 0 bridgehead atoms. The average molecular weight is 505 g/mol. The highest BCUT2D eigenvalue weighted by molar-refractivity contribution is 6.14. The Kier molecular flexibility index (Phi) is 17.6. The summed E-state index contributed by atoms with van der Waals surface area (Å²) in [6, 6.07) is 8.80. The first-order valence-corrected chi connectivity index (χ1v) is 14.6. The molecule has 0 saturated heterocycles. The predicted octanol–water partition coefficient (Wildman–Crippen LogP) is 6.45. The van der Waals surface area contributed by atoms with E-state index in [-0.39, 0.29) is 18.6 Å². The normalized spacial score (nSPS) is 14.8. The van der Waals surface area contributed by atoms with E-state index in [0.717, 1.165) is 12.8 Å². The van der Waals surface area contributed by atoms with Crippen LogP contribution in [0.5, 0.6) is 0 Å². The largest absolute Gasteiger partial charge is 0.394 e. The third-order valence-electron chi connectivity index (χ3n) is 7.52. The van der Waals surface area contributed by atoms with E-state index >= 15 is 0 Å². The lowest BCUT2D eigenvalue weighted by molar-refractivity contribution is -0.146. The van der Waals surface area contributed by atoms with Crippen LogP contribution < -0.4 is 0 Å². The van der Waals surface area contributed by atoms with E-state index in [0.29, 0.717) is 12.0 Å². The highest BCUT2D eigenvalue weighted by Crippen LogP contribution is 2.34. The maximum atomic E-state index is 13.4. The minimum absolute atomic E-state index is 0.197. The smallest absolute Gasteiger partial charge is 0.181 e. The zero-order chi connectivity index (χ0) is 26.7. The second-order valence-electron chi connectivity index (χ2n) is 10.3. The van der Waals surface area contributed by atoms with E-state index in [9.17, 15) is 24.9 Å². The van der Waals surface area contributed by atoms with Crippen LogP contribution in [0.3, 0.4) is 0 Å². The molecule has 0 aliphatic heterocycles. The fraction of sp³-hybridized carbons (Fsp3) is 0.742. The van der Waals surface area contributed by atoms with Crippen LogP contribution in [-0.4, -0.2) is 45.7 Å². The molecular formula is C31H52O5. The molecule has 3 N–H and O–H groups in total. The van der Waals surface area contributed by atoms with Gasteiger partial charge in [0, 0.05) is 6.42 Å². The zero-order valence-corrected chi connectivity index (χ0v) is 22.9. The van der Waals surface area contributed by atoms with Crippen molar-refractivity contribution in [3.8, 4) is 0 Å². The van der Waals surface area contributed by atoms with Crippen LogP contribution in [0.25, 0.3) is 0 Å². The second kappa shape index (κ2) is 19.5. The Morgan fingerprint density at radius 2 is 1.17 bits per heavy atom. The van der Waals surface area contributed by atoms with Crippen LogP contribution in [0, 0.1) is 0 Å². The van der Waals surface area contributed by atoms with Gasteiger partial charge in [-0.05, 0) is 18.4 Å². The van der Waals surface area contributed by atoms with Crippen molar-refractivity contribution in [1.82, 2.24) is 0 Å². The first kappa shape index (κ1) is 32.5. The minimum Gasteiger partial charge on any atom is -0.394 e. The first-order chi connectivity index (χ1) is 17.4. The molecule has 0 saturated carbocycles. The molecule has 3 atom stereocenters. The molecule has 0 fully saturated rings. The third-order valence-corrected chi connectivity index (χ3v) is 7.52. The van der Waals surface area contributed by atoms with E-state index in [1.165, 1.54) is 77.0 Å². The summed E-state index contributed by atoms with van der Waals surface area (Å²) in [5, 5.41) is 29.4. The predicted molar refractivity (Wildman–Crippen MR) is 147 cm³/mol. The summed E-state index contributed by atoms with van der Waals surface area (Å²) in [7, 11) is 0. The fourth-order valence-electron chi connectivity index (χ4n) is 5.14. The molecule has 3 unspecified atom stereocenters. The van der Waals surface area contributed by atoms with Crippen LogP contribution in [0.1, 0.15) is 129 Å². The van der Waals surface area contributed by atoms with Gasteiger partial charge in [0.25, 0.3) is 0 Å². The molecule has 0 heterocycles. The van der Waals surface area contributed by atoms with Gasteiger partial charge in [-0.2, -0.15) is 0 Å². The Labute approximate surface area is 219 Å². The van der Waals surface area contributed by atoms with Crippen molar-refractivity contribution in [1.29, 1.82) is 0 Å². The van der Waals surface area contributed by atoms with Crippen LogP contribution in [-0.2, 0) is 15.0 Å². The van der Waals surface area contributed by atoms with E-state index in [1.54, 1.807) is 31.2 Å². The summed E-state index contributed by atoms with van der Waals surface area (Å²) in [6.45, 7) is 3.27. The standard InChI is InChI=1S/C31H52O5/c1-3-5-6-7-8-9-10-11-12-13-14-15-16-17-21-24-28(34)31(4-2,26-22-19-18-20-23-26)30(36)29(35)27(33)25-32/h18-20,22-23,27,29,32-33,35H,3-17,21,24-25H2,1-2H3. The number of unbranched alkanes of at least 4 members (excludes halogenated alkanes) is 14. The lowest BCUT2D eigenvalue weighted by atomic mass is 9.68. The number of Topliss-reactive ketones (excluding diaryl/α,β-unsaturated/α-hetero) is 2. The van der Waals surface area contributed by atoms with Gasteiger partial charge >= 0.3 is 0 Å². The molecule has 1 aromatic rings.